The van der Waals surface area contributed by atoms with Crippen LogP contribution < -0.4 is 15.8 Å². The Morgan fingerprint density at radius 2 is 1.83 bits per heavy atom. The van der Waals surface area contributed by atoms with Gasteiger partial charge < -0.3 is 20.7 Å². The van der Waals surface area contributed by atoms with Crippen LogP contribution in [0.2, 0.25) is 0 Å². The van der Waals surface area contributed by atoms with Crippen LogP contribution in [-0.4, -0.2) is 67.2 Å². The van der Waals surface area contributed by atoms with E-state index in [1.54, 1.807) is 17.0 Å². The van der Waals surface area contributed by atoms with Crippen molar-refractivity contribution >= 4 is 44.1 Å². The highest BCUT2D eigenvalue weighted by Gasteiger charge is 2.31. The Labute approximate surface area is 202 Å². The maximum Gasteiger partial charge on any atom is 0.252 e. The monoisotopic (exact) mass is 495 g/mol. The van der Waals surface area contributed by atoms with E-state index >= 15 is 0 Å². The van der Waals surface area contributed by atoms with Gasteiger partial charge >= 0.3 is 0 Å². The van der Waals surface area contributed by atoms with Gasteiger partial charge in [0, 0.05) is 62.4 Å². The predicted octanol–water partition coefficient (Wildman–Crippen LogP) is 1.86. The van der Waals surface area contributed by atoms with Crippen molar-refractivity contribution in [3.05, 3.63) is 53.7 Å². The molecule has 0 spiro atoms. The van der Waals surface area contributed by atoms with Crippen molar-refractivity contribution in [3.8, 4) is 5.75 Å². The summed E-state index contributed by atoms with van der Waals surface area (Å²) in [5.74, 6) is 0.00247. The average molecular weight is 496 g/mol. The summed E-state index contributed by atoms with van der Waals surface area (Å²) in [6.45, 7) is 3.07. The van der Waals surface area contributed by atoms with Crippen molar-refractivity contribution in [2.45, 2.75) is 18.2 Å². The number of rotatable bonds is 5. The minimum absolute atomic E-state index is 0.0342. The lowest BCUT2D eigenvalue weighted by atomic mass is 10.1. The molecule has 35 heavy (non-hydrogen) atoms. The quantitative estimate of drug-likeness (QED) is 0.552. The third-order valence-corrected chi connectivity index (χ3v) is 8.36. The number of carbonyl (C=O) groups excluding carboxylic acids is 2. The van der Waals surface area contributed by atoms with Gasteiger partial charge in [-0.3, -0.25) is 14.6 Å². The van der Waals surface area contributed by atoms with Crippen molar-refractivity contribution in [3.63, 3.8) is 0 Å². The molecule has 0 saturated carbocycles. The molecule has 0 radical (unpaired) electrons. The number of pyridine rings is 1. The number of aromatic nitrogens is 1. The van der Waals surface area contributed by atoms with E-state index < -0.39 is 15.9 Å². The molecule has 3 heterocycles. The summed E-state index contributed by atoms with van der Waals surface area (Å²) in [5.41, 5.74) is 8.15. The topological polar surface area (TPSA) is 135 Å². The highest BCUT2D eigenvalue weighted by atomic mass is 32.2. The highest BCUT2D eigenvalue weighted by Crippen LogP contribution is 2.37. The van der Waals surface area contributed by atoms with E-state index in [4.69, 9.17) is 10.5 Å². The van der Waals surface area contributed by atoms with Gasteiger partial charge in [-0.25, -0.2) is 8.42 Å². The van der Waals surface area contributed by atoms with Crippen molar-refractivity contribution in [1.82, 2.24) is 14.2 Å². The summed E-state index contributed by atoms with van der Waals surface area (Å²) >= 11 is 0. The van der Waals surface area contributed by atoms with Gasteiger partial charge in [-0.05, 0) is 18.2 Å². The minimum Gasteiger partial charge on any atom is -0.493 e. The van der Waals surface area contributed by atoms with E-state index in [0.29, 0.717) is 37.2 Å². The molecule has 2 amide bonds. The maximum absolute atomic E-state index is 13.6. The standard InChI is InChI=1S/C24H25N5O5S/c1-15(30)28-9-11-29(12-10-28)35(32,33)21-7-2-4-17-22(18(24(25)31)14-26-23(17)21)27-19-5-3-6-20-16(19)8-13-34-20/h2-7,14H,8-13H2,1H3,(H2,25,31)(H,26,27). The number of para-hydroxylation sites is 1. The molecule has 0 atom stereocenters. The number of benzene rings is 2. The Kier molecular flexibility index (Phi) is 5.81. The van der Waals surface area contributed by atoms with Crippen LogP contribution in [0.5, 0.6) is 5.75 Å². The number of sulfonamides is 1. The number of nitrogens with two attached hydrogens (primary N) is 1. The molecule has 0 unspecified atom stereocenters. The summed E-state index contributed by atoms with van der Waals surface area (Å²) in [6, 6.07) is 10.4. The molecule has 1 saturated heterocycles. The molecule has 10 nitrogen and oxygen atoms in total. The molecule has 0 bridgehead atoms. The molecule has 5 rings (SSSR count). The lowest BCUT2D eigenvalue weighted by Gasteiger charge is -2.33. The largest absolute Gasteiger partial charge is 0.493 e. The molecule has 0 aliphatic carbocycles. The molecular weight excluding hydrogens is 470 g/mol. The molecule has 2 aliphatic heterocycles. The molecule has 11 heteroatoms. The second-order valence-corrected chi connectivity index (χ2v) is 10.4. The number of fused-ring (bicyclic) bond motifs is 2. The van der Waals surface area contributed by atoms with Crippen LogP contribution in [0.1, 0.15) is 22.8 Å². The smallest absolute Gasteiger partial charge is 0.252 e. The van der Waals surface area contributed by atoms with Crippen LogP contribution in [0.25, 0.3) is 10.9 Å². The molecule has 1 fully saturated rings. The average Bonchev–Trinajstić information content (AvgIpc) is 3.33. The number of amides is 2. The molecule has 3 aromatic rings. The second kappa shape index (κ2) is 8.82. The molecular formula is C24H25N5O5S. The van der Waals surface area contributed by atoms with Gasteiger partial charge in [0.1, 0.15) is 10.6 Å². The normalized spacial score (nSPS) is 16.1. The molecule has 2 aliphatic rings. The molecule has 182 valence electrons. The van der Waals surface area contributed by atoms with E-state index in [-0.39, 0.29) is 35.0 Å². The third-order valence-electron chi connectivity index (χ3n) is 6.43. The number of ether oxygens (including phenoxy) is 1. The Morgan fingerprint density at radius 1 is 1.09 bits per heavy atom. The number of carbonyl (C=O) groups is 2. The number of nitrogens with one attached hydrogen (secondary N) is 1. The Hall–Kier alpha value is -3.70. The first-order valence-electron chi connectivity index (χ1n) is 11.3. The van der Waals surface area contributed by atoms with Crippen molar-refractivity contribution in [2.75, 3.05) is 38.1 Å². The molecule has 1 aromatic heterocycles. The van der Waals surface area contributed by atoms with Crippen LogP contribution in [0.4, 0.5) is 11.4 Å². The van der Waals surface area contributed by atoms with Crippen LogP contribution in [0, 0.1) is 0 Å². The summed E-state index contributed by atoms with van der Waals surface area (Å²) in [7, 11) is -3.90. The number of nitrogens with zero attached hydrogens (tertiary/aromatic N) is 3. The fourth-order valence-corrected chi connectivity index (χ4v) is 6.16. The lowest BCUT2D eigenvalue weighted by molar-refractivity contribution is -0.129. The number of hydrogen-bond acceptors (Lipinski definition) is 7. The van der Waals surface area contributed by atoms with E-state index in [1.807, 2.05) is 18.2 Å². The van der Waals surface area contributed by atoms with Gasteiger partial charge in [0.2, 0.25) is 15.9 Å². The first kappa shape index (κ1) is 23.1. The summed E-state index contributed by atoms with van der Waals surface area (Å²) in [5, 5.41) is 3.76. The van der Waals surface area contributed by atoms with Crippen LogP contribution in [-0.2, 0) is 21.2 Å². The molecule has 3 N–H and O–H groups in total. The minimum atomic E-state index is -3.90. The Bertz CT molecular complexity index is 1450. The van der Waals surface area contributed by atoms with Crippen LogP contribution >= 0.6 is 0 Å². The number of anilines is 2. The second-order valence-electron chi connectivity index (χ2n) is 8.48. The van der Waals surface area contributed by atoms with E-state index in [1.165, 1.54) is 23.5 Å². The van der Waals surface area contributed by atoms with Crippen LogP contribution in [0.3, 0.4) is 0 Å². The molecule has 2 aromatic carbocycles. The summed E-state index contributed by atoms with van der Waals surface area (Å²) < 4.78 is 34.1. The van der Waals surface area contributed by atoms with Gasteiger partial charge in [0.25, 0.3) is 5.91 Å². The predicted molar refractivity (Wildman–Crippen MR) is 130 cm³/mol. The number of primary amides is 1. The van der Waals surface area contributed by atoms with Crippen LogP contribution in [0.15, 0.2) is 47.5 Å². The zero-order chi connectivity index (χ0) is 24.7. The maximum atomic E-state index is 13.6. The Balaban J connectivity index is 1.59. The van der Waals surface area contributed by atoms with Gasteiger partial charge in [0.15, 0.2) is 0 Å². The van der Waals surface area contributed by atoms with Crippen molar-refractivity contribution in [2.24, 2.45) is 5.73 Å². The first-order chi connectivity index (χ1) is 16.8. The van der Waals surface area contributed by atoms with Crippen molar-refractivity contribution < 1.29 is 22.7 Å². The summed E-state index contributed by atoms with van der Waals surface area (Å²) in [6.07, 6.45) is 2.01. The van der Waals surface area contributed by atoms with Gasteiger partial charge in [0.05, 0.1) is 23.4 Å². The van der Waals surface area contributed by atoms with Crippen molar-refractivity contribution in [1.29, 1.82) is 0 Å². The lowest BCUT2D eigenvalue weighted by Crippen LogP contribution is -2.49. The number of piperazine rings is 1. The number of hydrogen-bond donors (Lipinski definition) is 2. The fourth-order valence-electron chi connectivity index (χ4n) is 4.58. The van der Waals surface area contributed by atoms with Gasteiger partial charge in [-0.2, -0.15) is 4.31 Å². The van der Waals surface area contributed by atoms with Gasteiger partial charge in [-0.1, -0.05) is 18.2 Å². The fraction of sp³-hybridized carbons (Fsp3) is 0.292. The van der Waals surface area contributed by atoms with Gasteiger partial charge in [-0.15, -0.1) is 0 Å². The van der Waals surface area contributed by atoms with E-state index in [2.05, 4.69) is 10.3 Å². The zero-order valence-electron chi connectivity index (χ0n) is 19.2. The first-order valence-corrected chi connectivity index (χ1v) is 12.7. The summed E-state index contributed by atoms with van der Waals surface area (Å²) in [4.78, 5) is 29.9. The highest BCUT2D eigenvalue weighted by molar-refractivity contribution is 7.89. The Morgan fingerprint density at radius 3 is 2.54 bits per heavy atom. The SMILES string of the molecule is CC(=O)N1CCN(S(=O)(=O)c2cccc3c(Nc4cccc5c4CCO5)c(C(N)=O)cnc23)CC1. The zero-order valence-corrected chi connectivity index (χ0v) is 20.0. The third kappa shape index (κ3) is 4.06. The van der Waals surface area contributed by atoms with E-state index in [0.717, 1.165) is 17.0 Å². The van der Waals surface area contributed by atoms with E-state index in [9.17, 15) is 18.0 Å².